The molecule has 0 amide bonds. The predicted octanol–water partition coefficient (Wildman–Crippen LogP) is 23.0. The summed E-state index contributed by atoms with van der Waals surface area (Å²) in [6.07, 6.45) is 63.0. The van der Waals surface area contributed by atoms with Gasteiger partial charge in [0.05, 0.1) is 26.4 Å². The van der Waals surface area contributed by atoms with Gasteiger partial charge in [0, 0.05) is 25.7 Å². The van der Waals surface area contributed by atoms with Gasteiger partial charge in [-0.3, -0.25) is 37.3 Å². The van der Waals surface area contributed by atoms with E-state index in [2.05, 4.69) is 27.7 Å². The van der Waals surface area contributed by atoms with Crippen LogP contribution in [0.15, 0.2) is 0 Å². The van der Waals surface area contributed by atoms with Gasteiger partial charge in [-0.15, -0.1) is 0 Å². The molecule has 0 spiro atoms. The van der Waals surface area contributed by atoms with E-state index in [1.54, 1.807) is 0 Å². The molecule has 96 heavy (non-hydrogen) atoms. The van der Waals surface area contributed by atoms with Gasteiger partial charge in [-0.05, 0) is 25.7 Å². The van der Waals surface area contributed by atoms with E-state index in [0.29, 0.717) is 25.7 Å². The lowest BCUT2D eigenvalue weighted by Crippen LogP contribution is -2.30. The first kappa shape index (κ1) is 94.1. The van der Waals surface area contributed by atoms with Crippen LogP contribution in [-0.4, -0.2) is 96.7 Å². The van der Waals surface area contributed by atoms with Crippen LogP contribution in [0, 0.1) is 0 Å². The number of aliphatic hydroxyl groups excluding tert-OH is 1. The lowest BCUT2D eigenvalue weighted by atomic mass is 10.0. The molecule has 0 saturated carbocycles. The molecule has 0 aliphatic carbocycles. The molecule has 0 saturated heterocycles. The maximum absolute atomic E-state index is 13.1. The second-order valence-corrected chi connectivity index (χ2v) is 30.7. The molecule has 0 radical (unpaired) electrons. The van der Waals surface area contributed by atoms with Gasteiger partial charge in [0.25, 0.3) is 0 Å². The number of hydrogen-bond donors (Lipinski definition) is 3. The third-order valence-electron chi connectivity index (χ3n) is 18.1. The number of esters is 4. The van der Waals surface area contributed by atoms with E-state index >= 15 is 0 Å². The van der Waals surface area contributed by atoms with Crippen molar-refractivity contribution >= 4 is 39.5 Å². The first-order valence-corrected chi connectivity index (χ1v) is 43.3. The Morgan fingerprint density at radius 1 is 0.250 bits per heavy atom. The number of hydrogen-bond acceptors (Lipinski definition) is 15. The molecule has 0 aromatic rings. The maximum Gasteiger partial charge on any atom is 0.472 e. The van der Waals surface area contributed by atoms with Gasteiger partial charge >= 0.3 is 39.5 Å². The number of carbonyl (C=O) groups is 4. The summed E-state index contributed by atoms with van der Waals surface area (Å²) in [6.45, 7) is 4.89. The molecule has 0 aromatic heterocycles. The molecule has 5 atom stereocenters. The van der Waals surface area contributed by atoms with E-state index in [4.69, 9.17) is 37.0 Å². The average molecular weight is 1410 g/mol. The van der Waals surface area contributed by atoms with Crippen molar-refractivity contribution in [3.63, 3.8) is 0 Å². The van der Waals surface area contributed by atoms with Crippen LogP contribution in [-0.2, 0) is 65.4 Å². The summed E-state index contributed by atoms with van der Waals surface area (Å²) < 4.78 is 68.3. The lowest BCUT2D eigenvalue weighted by molar-refractivity contribution is -0.161. The molecule has 570 valence electrons. The Morgan fingerprint density at radius 2 is 0.417 bits per heavy atom. The van der Waals surface area contributed by atoms with E-state index in [1.165, 1.54) is 238 Å². The van der Waals surface area contributed by atoms with Gasteiger partial charge in [0.1, 0.15) is 19.3 Å². The maximum atomic E-state index is 13.1. The molecule has 0 bridgehead atoms. The monoisotopic (exact) mass is 1410 g/mol. The molecule has 3 N–H and O–H groups in total. The van der Waals surface area contributed by atoms with Crippen molar-refractivity contribution in [3.8, 4) is 0 Å². The highest BCUT2D eigenvalue weighted by Gasteiger charge is 2.30. The van der Waals surface area contributed by atoms with Crippen molar-refractivity contribution in [3.05, 3.63) is 0 Å². The molecular weight excluding hydrogens is 1260 g/mol. The van der Waals surface area contributed by atoms with Crippen LogP contribution in [0.4, 0.5) is 0 Å². The topological polar surface area (TPSA) is 237 Å². The molecule has 19 heteroatoms. The number of unbranched alkanes of at least 4 members (excludes halogenated alkanes) is 52. The summed E-state index contributed by atoms with van der Waals surface area (Å²) in [5.74, 6) is -2.12. The van der Waals surface area contributed by atoms with Crippen molar-refractivity contribution in [1.82, 2.24) is 0 Å². The highest BCUT2D eigenvalue weighted by atomic mass is 31.2. The van der Waals surface area contributed by atoms with E-state index in [0.717, 1.165) is 96.3 Å². The minimum absolute atomic E-state index is 0.107. The van der Waals surface area contributed by atoms with Crippen LogP contribution in [0.3, 0.4) is 0 Å². The minimum atomic E-state index is -4.95. The van der Waals surface area contributed by atoms with Gasteiger partial charge in [0.15, 0.2) is 12.2 Å². The summed E-state index contributed by atoms with van der Waals surface area (Å²) in [7, 11) is -9.90. The Hall–Kier alpha value is -1.94. The fraction of sp³-hybridized carbons (Fsp3) is 0.948. The largest absolute Gasteiger partial charge is 0.472 e. The zero-order valence-corrected chi connectivity index (χ0v) is 64.1. The standard InChI is InChI=1S/C77H150O17P2/c1-5-9-13-17-20-23-26-28-30-32-34-35-36-37-39-41-43-46-49-52-56-60-64-77(82)94-73(68-88-75(80)62-58-54-50-47-45-42-40-38-33-31-29-27-24-21-18-14-10-6-2)70-92-96(85,86)90-66-71(78)65-89-95(83,84)91-69-72(67-87-74(79)61-57-53-16-12-8-4)93-76(81)63-59-55-51-48-44-25-22-19-15-11-7-3/h71-73,78H,5-70H2,1-4H3,(H,83,84)(H,85,86)/t71-,72+,73+/m0/s1. The van der Waals surface area contributed by atoms with Crippen molar-refractivity contribution in [2.24, 2.45) is 0 Å². The van der Waals surface area contributed by atoms with Crippen LogP contribution in [0.1, 0.15) is 413 Å². The second-order valence-electron chi connectivity index (χ2n) is 27.7. The molecule has 0 rings (SSSR count). The Kier molecular flexibility index (Phi) is 70.0. The van der Waals surface area contributed by atoms with Crippen LogP contribution in [0.2, 0.25) is 0 Å². The van der Waals surface area contributed by atoms with Crippen LogP contribution >= 0.6 is 15.6 Å². The number of phosphoric ester groups is 2. The van der Waals surface area contributed by atoms with Crippen molar-refractivity contribution in [2.75, 3.05) is 39.6 Å². The SMILES string of the molecule is CCCCCCCCCCCCCCCCCCCCCCCCC(=O)O[C@H](COC(=O)CCCCCCCCCCCCCCCCCCCC)COP(=O)(O)OC[C@@H](O)COP(=O)(O)OC[C@@H](COC(=O)CCCCCCC)OC(=O)CCCCCCCCCCCCC. The minimum Gasteiger partial charge on any atom is -0.462 e. The smallest absolute Gasteiger partial charge is 0.462 e. The third-order valence-corrected chi connectivity index (χ3v) is 20.0. The summed E-state index contributed by atoms with van der Waals surface area (Å²) in [6, 6.07) is 0. The van der Waals surface area contributed by atoms with Gasteiger partial charge in [0.2, 0.25) is 0 Å². The van der Waals surface area contributed by atoms with Gasteiger partial charge in [-0.1, -0.05) is 362 Å². The van der Waals surface area contributed by atoms with Gasteiger partial charge < -0.3 is 33.8 Å². The summed E-state index contributed by atoms with van der Waals surface area (Å²) in [4.78, 5) is 72.5. The van der Waals surface area contributed by atoms with Crippen molar-refractivity contribution in [1.29, 1.82) is 0 Å². The van der Waals surface area contributed by atoms with Crippen molar-refractivity contribution in [2.45, 2.75) is 431 Å². The van der Waals surface area contributed by atoms with E-state index < -0.39 is 97.5 Å². The molecule has 0 heterocycles. The zero-order valence-electron chi connectivity index (χ0n) is 62.4. The number of aliphatic hydroxyl groups is 1. The van der Waals surface area contributed by atoms with Crippen LogP contribution in [0.25, 0.3) is 0 Å². The third kappa shape index (κ3) is 70.5. The highest BCUT2D eigenvalue weighted by molar-refractivity contribution is 7.47. The lowest BCUT2D eigenvalue weighted by Gasteiger charge is -2.21. The highest BCUT2D eigenvalue weighted by Crippen LogP contribution is 2.45. The number of rotatable bonds is 78. The summed E-state index contributed by atoms with van der Waals surface area (Å²) >= 11 is 0. The van der Waals surface area contributed by atoms with Crippen LogP contribution < -0.4 is 0 Å². The molecule has 0 fully saturated rings. The Labute approximate surface area is 588 Å². The fourth-order valence-electron chi connectivity index (χ4n) is 11.9. The number of phosphoric acid groups is 2. The average Bonchev–Trinajstić information content (AvgIpc) is 1.85. The molecule has 2 unspecified atom stereocenters. The molecule has 0 aliphatic rings. The quantitative estimate of drug-likeness (QED) is 0.0222. The second kappa shape index (κ2) is 71.5. The first-order chi connectivity index (χ1) is 46.7. The van der Waals surface area contributed by atoms with E-state index in [1.807, 2.05) is 0 Å². The Bertz CT molecular complexity index is 1830. The Morgan fingerprint density at radius 3 is 0.615 bits per heavy atom. The fourth-order valence-corrected chi connectivity index (χ4v) is 13.5. The number of ether oxygens (including phenoxy) is 4. The normalized spacial score (nSPS) is 13.9. The summed E-state index contributed by atoms with van der Waals surface area (Å²) in [5.41, 5.74) is 0. The predicted molar refractivity (Wildman–Crippen MR) is 391 cm³/mol. The molecule has 0 aromatic carbocycles. The van der Waals surface area contributed by atoms with Gasteiger partial charge in [-0.2, -0.15) is 0 Å². The zero-order chi connectivity index (χ0) is 70.4. The Balaban J connectivity index is 5.10. The van der Waals surface area contributed by atoms with Crippen LogP contribution in [0.5, 0.6) is 0 Å². The van der Waals surface area contributed by atoms with Gasteiger partial charge in [-0.25, -0.2) is 9.13 Å². The molecule has 0 aliphatic heterocycles. The summed E-state index contributed by atoms with van der Waals surface area (Å²) in [5, 5.41) is 10.6. The molecular formula is C77H150O17P2. The van der Waals surface area contributed by atoms with E-state index in [-0.39, 0.29) is 25.7 Å². The van der Waals surface area contributed by atoms with E-state index in [9.17, 15) is 43.2 Å². The molecule has 17 nitrogen and oxygen atoms in total. The first-order valence-electron chi connectivity index (χ1n) is 40.3. The number of carbonyl (C=O) groups excluding carboxylic acids is 4. The van der Waals surface area contributed by atoms with Crippen molar-refractivity contribution < 1.29 is 80.2 Å².